The Morgan fingerprint density at radius 2 is 1.97 bits per heavy atom. The Bertz CT molecular complexity index is 929. The van der Waals surface area contributed by atoms with E-state index >= 15 is 0 Å². The molecule has 2 aliphatic rings. The molecule has 4 rings (SSSR count). The Labute approximate surface area is 192 Å². The van der Waals surface area contributed by atoms with Crippen LogP contribution in [-0.4, -0.2) is 63.0 Å². The summed E-state index contributed by atoms with van der Waals surface area (Å²) in [5.74, 6) is 0.587. The van der Waals surface area contributed by atoms with E-state index < -0.39 is 6.10 Å². The van der Waals surface area contributed by atoms with Crippen molar-refractivity contribution in [2.24, 2.45) is 0 Å². The number of nitrogens with zero attached hydrogens (tertiary/aromatic N) is 1. The molecule has 8 heteroatoms. The summed E-state index contributed by atoms with van der Waals surface area (Å²) in [4.78, 5) is 15.1. The highest BCUT2D eigenvalue weighted by Gasteiger charge is 2.38. The quantitative estimate of drug-likeness (QED) is 0.565. The first kappa shape index (κ1) is 22.6. The fraction of sp³-hybridized carbons (Fsp3) is 0.522. The molecule has 2 aromatic carbocycles. The van der Waals surface area contributed by atoms with E-state index in [9.17, 15) is 4.79 Å². The largest absolute Gasteiger partial charge is 0.491 e. The maximum Gasteiger partial charge on any atom is 0.253 e. The van der Waals surface area contributed by atoms with Gasteiger partial charge in [0.1, 0.15) is 11.9 Å². The van der Waals surface area contributed by atoms with Gasteiger partial charge in [0.05, 0.1) is 23.3 Å². The van der Waals surface area contributed by atoms with Crippen LogP contribution in [0.1, 0.15) is 24.8 Å². The lowest BCUT2D eigenvalue weighted by atomic mass is 10.0. The maximum atomic E-state index is 13.2. The third-order valence-electron chi connectivity index (χ3n) is 5.68. The second kappa shape index (κ2) is 10.4. The molecule has 0 unspecified atom stereocenters. The van der Waals surface area contributed by atoms with Gasteiger partial charge >= 0.3 is 0 Å². The third kappa shape index (κ3) is 5.10. The van der Waals surface area contributed by atoms with Crippen LogP contribution in [-0.2, 0) is 20.8 Å². The van der Waals surface area contributed by atoms with Crippen molar-refractivity contribution < 1.29 is 19.0 Å². The van der Waals surface area contributed by atoms with Gasteiger partial charge in [-0.2, -0.15) is 0 Å². The molecular weight excluding hydrogens is 439 g/mol. The molecule has 0 aromatic heterocycles. The first-order chi connectivity index (χ1) is 15.1. The molecular formula is C23H28Cl2N2O4. The van der Waals surface area contributed by atoms with Crippen LogP contribution in [0.25, 0.3) is 10.8 Å². The predicted molar refractivity (Wildman–Crippen MR) is 122 cm³/mol. The average Bonchev–Trinajstić information content (AvgIpc) is 3.64. The average molecular weight is 467 g/mol. The van der Waals surface area contributed by atoms with Crippen molar-refractivity contribution in [2.75, 3.05) is 40.0 Å². The van der Waals surface area contributed by atoms with E-state index in [0.29, 0.717) is 54.3 Å². The minimum Gasteiger partial charge on any atom is -0.491 e. The van der Waals surface area contributed by atoms with Gasteiger partial charge in [-0.3, -0.25) is 4.79 Å². The molecule has 1 aliphatic heterocycles. The first-order valence-corrected chi connectivity index (χ1v) is 11.5. The number of carbonyl (C=O) groups is 1. The lowest BCUT2D eigenvalue weighted by Gasteiger charge is -2.31. The molecule has 0 radical (unpaired) electrons. The lowest BCUT2D eigenvalue weighted by molar-refractivity contribution is -0.146. The van der Waals surface area contributed by atoms with E-state index in [0.717, 1.165) is 36.6 Å². The molecule has 1 amide bonds. The van der Waals surface area contributed by atoms with Crippen molar-refractivity contribution in [3.05, 3.63) is 39.9 Å². The number of hydrogen-bond acceptors (Lipinski definition) is 5. The van der Waals surface area contributed by atoms with Crippen molar-refractivity contribution in [2.45, 2.75) is 38.0 Å². The number of carbonyl (C=O) groups excluding carboxylic acids is 1. The van der Waals surface area contributed by atoms with E-state index in [2.05, 4.69) is 5.32 Å². The fourth-order valence-electron chi connectivity index (χ4n) is 3.90. The first-order valence-electron chi connectivity index (χ1n) is 10.7. The Hall–Kier alpha value is -1.57. The van der Waals surface area contributed by atoms with Gasteiger partial charge in [-0.05, 0) is 12.8 Å². The van der Waals surface area contributed by atoms with E-state index in [4.69, 9.17) is 37.4 Å². The van der Waals surface area contributed by atoms with Gasteiger partial charge in [0.25, 0.3) is 5.91 Å². The number of morpholine rings is 1. The summed E-state index contributed by atoms with van der Waals surface area (Å²) in [7, 11) is 1.66. The molecule has 1 atom stereocenters. The summed E-state index contributed by atoms with van der Waals surface area (Å²) in [6.45, 7) is 3.24. The van der Waals surface area contributed by atoms with Crippen LogP contribution in [0.5, 0.6) is 5.75 Å². The molecule has 31 heavy (non-hydrogen) atoms. The zero-order valence-corrected chi connectivity index (χ0v) is 19.2. The Morgan fingerprint density at radius 1 is 1.19 bits per heavy atom. The molecule has 1 saturated heterocycles. The molecule has 1 heterocycles. The zero-order chi connectivity index (χ0) is 21.8. The highest BCUT2D eigenvalue weighted by atomic mass is 35.5. The predicted octanol–water partition coefficient (Wildman–Crippen LogP) is 4.04. The molecule has 6 nitrogen and oxygen atoms in total. The van der Waals surface area contributed by atoms with E-state index in [1.165, 1.54) is 0 Å². The number of amides is 1. The molecule has 0 spiro atoms. The number of hydrogen-bond donors (Lipinski definition) is 1. The van der Waals surface area contributed by atoms with Gasteiger partial charge in [0, 0.05) is 62.1 Å². The van der Waals surface area contributed by atoms with Crippen LogP contribution >= 0.6 is 23.2 Å². The number of rotatable bonds is 9. The molecule has 1 N–H and O–H groups in total. The van der Waals surface area contributed by atoms with Gasteiger partial charge in [-0.15, -0.1) is 0 Å². The van der Waals surface area contributed by atoms with Crippen molar-refractivity contribution in [1.29, 1.82) is 0 Å². The van der Waals surface area contributed by atoms with E-state index in [1.54, 1.807) is 7.11 Å². The van der Waals surface area contributed by atoms with E-state index in [-0.39, 0.29) is 11.9 Å². The van der Waals surface area contributed by atoms with Crippen LogP contribution in [0.15, 0.2) is 24.3 Å². The van der Waals surface area contributed by atoms with Gasteiger partial charge in [0.2, 0.25) is 0 Å². The van der Waals surface area contributed by atoms with Crippen molar-refractivity contribution in [3.8, 4) is 5.75 Å². The van der Waals surface area contributed by atoms with Crippen LogP contribution in [0.2, 0.25) is 10.0 Å². The van der Waals surface area contributed by atoms with Crippen molar-refractivity contribution in [3.63, 3.8) is 0 Å². The third-order valence-corrected chi connectivity index (χ3v) is 6.51. The van der Waals surface area contributed by atoms with Crippen LogP contribution in [0.4, 0.5) is 0 Å². The normalized spacial score (nSPS) is 18.9. The molecule has 1 saturated carbocycles. The summed E-state index contributed by atoms with van der Waals surface area (Å²) in [5, 5.41) is 5.98. The summed E-state index contributed by atoms with van der Waals surface area (Å²) in [5.41, 5.74) is 0.716. The summed E-state index contributed by atoms with van der Waals surface area (Å²) < 4.78 is 16.9. The number of ether oxygens (including phenoxy) is 3. The Balaban J connectivity index is 1.66. The number of nitrogens with one attached hydrogen (secondary N) is 1. The molecule has 0 bridgehead atoms. The molecule has 2 fully saturated rings. The highest BCUT2D eigenvalue weighted by molar-refractivity contribution is 6.41. The monoisotopic (exact) mass is 466 g/mol. The van der Waals surface area contributed by atoms with Crippen LogP contribution < -0.4 is 10.1 Å². The zero-order valence-electron chi connectivity index (χ0n) is 17.7. The van der Waals surface area contributed by atoms with E-state index in [1.807, 2.05) is 29.2 Å². The number of methoxy groups -OCH3 is 1. The summed E-state index contributed by atoms with van der Waals surface area (Å²) in [6.07, 6.45) is 2.24. The van der Waals surface area contributed by atoms with Gasteiger partial charge in [-0.1, -0.05) is 47.5 Å². The minimum absolute atomic E-state index is 0.0162. The number of fused-ring (bicyclic) bond motifs is 1. The Morgan fingerprint density at radius 3 is 2.65 bits per heavy atom. The van der Waals surface area contributed by atoms with Crippen molar-refractivity contribution >= 4 is 39.9 Å². The number of halogens is 2. The number of benzene rings is 2. The second-order valence-electron chi connectivity index (χ2n) is 7.94. The molecule has 1 aliphatic carbocycles. The Kier molecular flexibility index (Phi) is 7.56. The molecule has 168 valence electrons. The van der Waals surface area contributed by atoms with Gasteiger partial charge in [0.15, 0.2) is 0 Å². The fourth-order valence-corrected chi connectivity index (χ4v) is 4.57. The maximum absolute atomic E-state index is 13.2. The van der Waals surface area contributed by atoms with Crippen LogP contribution in [0.3, 0.4) is 0 Å². The second-order valence-corrected chi connectivity index (χ2v) is 8.69. The van der Waals surface area contributed by atoms with Crippen molar-refractivity contribution in [1.82, 2.24) is 10.2 Å². The van der Waals surface area contributed by atoms with Crippen LogP contribution in [0, 0.1) is 0 Å². The lowest BCUT2D eigenvalue weighted by Crippen LogP contribution is -2.49. The highest BCUT2D eigenvalue weighted by Crippen LogP contribution is 2.43. The van der Waals surface area contributed by atoms with Gasteiger partial charge in [-0.25, -0.2) is 0 Å². The minimum atomic E-state index is -0.475. The SMILES string of the molecule is COCCCOc1c(Cl)c(CN(C(=O)[C@H]2CNCCO2)C2CC2)c(Cl)c2ccccc12. The molecule has 2 aromatic rings. The van der Waals surface area contributed by atoms with Gasteiger partial charge < -0.3 is 24.4 Å². The smallest absolute Gasteiger partial charge is 0.253 e. The topological polar surface area (TPSA) is 60.0 Å². The summed E-state index contributed by atoms with van der Waals surface area (Å²) >= 11 is 13.7. The summed E-state index contributed by atoms with van der Waals surface area (Å²) in [6, 6.07) is 7.98. The standard InChI is InChI=1S/C23H28Cl2N2O4/c1-29-10-4-11-31-22-17-6-3-2-5-16(17)20(24)18(21(22)25)14-27(15-7-8-15)23(28)19-13-26-9-12-30-19/h2-3,5-6,15,19,26H,4,7-14H2,1H3/t19-/m1/s1.